The first-order chi connectivity index (χ1) is 16.1. The molecule has 0 unspecified atom stereocenters. The van der Waals surface area contributed by atoms with Crippen molar-refractivity contribution in [3.05, 3.63) is 70.4 Å². The number of allylic oxidation sites excluding steroid dienone is 2. The van der Waals surface area contributed by atoms with Crippen LogP contribution in [-0.4, -0.2) is 17.8 Å². The number of unbranched alkanes of at least 4 members (excludes halogenated alkanes) is 1. The summed E-state index contributed by atoms with van der Waals surface area (Å²) in [6.45, 7) is 10.4. The Labute approximate surface area is 215 Å². The molecule has 1 heterocycles. The molecular formula is C28H40ClNOS2. The van der Waals surface area contributed by atoms with Crippen LogP contribution >= 0.6 is 33.2 Å². The molecular weight excluding hydrogens is 466 g/mol. The van der Waals surface area contributed by atoms with Crippen LogP contribution in [0.5, 0.6) is 0 Å². The van der Waals surface area contributed by atoms with Crippen LogP contribution in [0.25, 0.3) is 0 Å². The van der Waals surface area contributed by atoms with Gasteiger partial charge in [0.2, 0.25) is 0 Å². The molecule has 3 rings (SSSR count). The van der Waals surface area contributed by atoms with Gasteiger partial charge in [-0.25, -0.2) is 0 Å². The second-order valence-corrected chi connectivity index (χ2v) is 10.6. The average molecular weight is 506 g/mol. The number of benzene rings is 2. The lowest BCUT2D eigenvalue weighted by molar-refractivity contribution is -0.107. The Balaban J connectivity index is 0.000000671. The molecule has 0 saturated carbocycles. The molecule has 2 nitrogen and oxygen atoms in total. The molecule has 0 radical (unpaired) electrons. The zero-order valence-electron chi connectivity index (χ0n) is 20.9. The predicted octanol–water partition coefficient (Wildman–Crippen LogP) is 9.81. The highest BCUT2D eigenvalue weighted by molar-refractivity contribution is 8.77. The van der Waals surface area contributed by atoms with Crippen molar-refractivity contribution < 1.29 is 4.79 Å². The number of aryl methyl sites for hydroxylation is 1. The maximum absolute atomic E-state index is 11.2. The smallest absolute Gasteiger partial charge is 0.124 e. The number of hydrogen-bond donors (Lipinski definition) is 0. The summed E-state index contributed by atoms with van der Waals surface area (Å²) in [5, 5.41) is 0.726. The highest BCUT2D eigenvalue weighted by Crippen LogP contribution is 2.40. The molecule has 0 atom stereocenters. The van der Waals surface area contributed by atoms with Gasteiger partial charge in [-0.3, -0.25) is 0 Å². The third-order valence-electron chi connectivity index (χ3n) is 5.00. The van der Waals surface area contributed by atoms with Gasteiger partial charge in [0.15, 0.2) is 0 Å². The second-order valence-electron chi connectivity index (χ2n) is 7.45. The fourth-order valence-electron chi connectivity index (χ4n) is 3.51. The van der Waals surface area contributed by atoms with E-state index in [-0.39, 0.29) is 0 Å². The maximum Gasteiger partial charge on any atom is 0.124 e. The van der Waals surface area contributed by atoms with Gasteiger partial charge in [-0.2, -0.15) is 0 Å². The second kappa shape index (κ2) is 18.0. The summed E-state index contributed by atoms with van der Waals surface area (Å²) in [4.78, 5) is 13.5. The first-order valence-electron chi connectivity index (χ1n) is 12.1. The Morgan fingerprint density at radius 3 is 2.30 bits per heavy atom. The van der Waals surface area contributed by atoms with E-state index in [0.29, 0.717) is 6.42 Å². The first-order valence-corrected chi connectivity index (χ1v) is 15.0. The Bertz CT molecular complexity index is 822. The SMILES string of the molecule is C1CSSC1.CC.CCC=C(CCCC)N(c1ccccc1CC=O)c1c(C)cccc1Cl. The largest absolute Gasteiger partial charge is 0.312 e. The van der Waals surface area contributed by atoms with Crippen LogP contribution in [0.3, 0.4) is 0 Å². The van der Waals surface area contributed by atoms with E-state index in [4.69, 9.17) is 11.6 Å². The van der Waals surface area contributed by atoms with Crippen LogP contribution < -0.4 is 4.90 Å². The van der Waals surface area contributed by atoms with Crippen LogP contribution in [0.15, 0.2) is 54.2 Å². The van der Waals surface area contributed by atoms with Gasteiger partial charge in [0.1, 0.15) is 6.29 Å². The third kappa shape index (κ3) is 9.80. The Hall–Kier alpha value is -1.36. The molecule has 0 aliphatic carbocycles. The normalized spacial score (nSPS) is 12.8. The minimum absolute atomic E-state index is 0.392. The van der Waals surface area contributed by atoms with Gasteiger partial charge in [-0.15, -0.1) is 0 Å². The van der Waals surface area contributed by atoms with E-state index in [1.807, 2.05) is 65.8 Å². The first kappa shape index (κ1) is 29.7. The Morgan fingerprint density at radius 2 is 1.76 bits per heavy atom. The summed E-state index contributed by atoms with van der Waals surface area (Å²) in [7, 11) is 3.98. The van der Waals surface area contributed by atoms with E-state index in [9.17, 15) is 4.79 Å². The van der Waals surface area contributed by atoms with E-state index >= 15 is 0 Å². The number of halogens is 1. The molecule has 1 fully saturated rings. The molecule has 2 aromatic carbocycles. The molecule has 1 saturated heterocycles. The quantitative estimate of drug-likeness (QED) is 0.249. The molecule has 0 aromatic heterocycles. The van der Waals surface area contributed by atoms with Gasteiger partial charge in [-0.05, 0) is 55.9 Å². The number of aldehydes is 1. The number of nitrogens with zero attached hydrogens (tertiary/aromatic N) is 1. The molecule has 0 N–H and O–H groups in total. The zero-order valence-corrected chi connectivity index (χ0v) is 23.3. The number of para-hydroxylation sites is 2. The van der Waals surface area contributed by atoms with Gasteiger partial charge in [0.25, 0.3) is 0 Å². The summed E-state index contributed by atoms with van der Waals surface area (Å²) in [6, 6.07) is 14.1. The lowest BCUT2D eigenvalue weighted by Crippen LogP contribution is -2.20. The number of hydrogen-bond acceptors (Lipinski definition) is 4. The number of carbonyl (C=O) groups excluding carboxylic acids is 1. The average Bonchev–Trinajstić information content (AvgIpc) is 3.42. The van der Waals surface area contributed by atoms with Crippen molar-refractivity contribution in [2.75, 3.05) is 16.4 Å². The monoisotopic (exact) mass is 505 g/mol. The summed E-state index contributed by atoms with van der Waals surface area (Å²) in [6.07, 6.45) is 9.23. The minimum Gasteiger partial charge on any atom is -0.312 e. The highest BCUT2D eigenvalue weighted by atomic mass is 35.5. The summed E-state index contributed by atoms with van der Waals surface area (Å²) >= 11 is 6.64. The molecule has 5 heteroatoms. The van der Waals surface area contributed by atoms with E-state index < -0.39 is 0 Å². The number of rotatable bonds is 9. The molecule has 1 aliphatic rings. The predicted molar refractivity (Wildman–Crippen MR) is 153 cm³/mol. The van der Waals surface area contributed by atoms with Crippen LogP contribution in [0.4, 0.5) is 11.4 Å². The number of anilines is 2. The van der Waals surface area contributed by atoms with Crippen molar-refractivity contribution in [1.82, 2.24) is 0 Å². The Kier molecular flexibility index (Phi) is 16.2. The van der Waals surface area contributed by atoms with Crippen LogP contribution in [0.2, 0.25) is 5.02 Å². The lowest BCUT2D eigenvalue weighted by atomic mass is 10.0. The van der Waals surface area contributed by atoms with Crippen molar-refractivity contribution in [3.63, 3.8) is 0 Å². The minimum atomic E-state index is 0.392. The zero-order chi connectivity index (χ0) is 24.5. The molecule has 1 aliphatic heterocycles. The van der Waals surface area contributed by atoms with Gasteiger partial charge in [0.05, 0.1) is 10.7 Å². The maximum atomic E-state index is 11.2. The molecule has 33 heavy (non-hydrogen) atoms. The van der Waals surface area contributed by atoms with E-state index in [2.05, 4.69) is 43.9 Å². The summed E-state index contributed by atoms with van der Waals surface area (Å²) in [5.74, 6) is 2.76. The van der Waals surface area contributed by atoms with Crippen LogP contribution in [0.1, 0.15) is 70.9 Å². The van der Waals surface area contributed by atoms with Crippen molar-refractivity contribution >= 4 is 50.8 Å². The van der Waals surface area contributed by atoms with E-state index in [0.717, 1.165) is 59.5 Å². The molecule has 0 spiro atoms. The van der Waals surface area contributed by atoms with Crippen molar-refractivity contribution in [1.29, 1.82) is 0 Å². The van der Waals surface area contributed by atoms with Gasteiger partial charge < -0.3 is 9.69 Å². The topological polar surface area (TPSA) is 20.3 Å². The van der Waals surface area contributed by atoms with Gasteiger partial charge in [0, 0.05) is 29.3 Å². The molecule has 0 amide bonds. The lowest BCUT2D eigenvalue weighted by Gasteiger charge is -2.32. The van der Waals surface area contributed by atoms with Gasteiger partial charge in [-0.1, -0.05) is 104 Å². The fourth-order valence-corrected chi connectivity index (χ4v) is 6.17. The Morgan fingerprint density at radius 1 is 1.06 bits per heavy atom. The fraction of sp³-hybridized carbons (Fsp3) is 0.464. The van der Waals surface area contributed by atoms with Crippen LogP contribution in [-0.2, 0) is 11.2 Å². The van der Waals surface area contributed by atoms with Crippen molar-refractivity contribution in [3.8, 4) is 0 Å². The van der Waals surface area contributed by atoms with Crippen molar-refractivity contribution in [2.45, 2.75) is 73.1 Å². The molecule has 0 bridgehead atoms. The summed E-state index contributed by atoms with van der Waals surface area (Å²) < 4.78 is 0. The molecule has 182 valence electrons. The van der Waals surface area contributed by atoms with E-state index in [1.165, 1.54) is 23.6 Å². The summed E-state index contributed by atoms with van der Waals surface area (Å²) in [5.41, 5.74) is 5.41. The van der Waals surface area contributed by atoms with Crippen molar-refractivity contribution in [2.24, 2.45) is 0 Å². The number of carbonyl (C=O) groups is 1. The third-order valence-corrected chi connectivity index (χ3v) is 7.88. The van der Waals surface area contributed by atoms with Crippen LogP contribution in [0, 0.1) is 6.92 Å². The van der Waals surface area contributed by atoms with E-state index in [1.54, 1.807) is 0 Å². The van der Waals surface area contributed by atoms with Gasteiger partial charge >= 0.3 is 0 Å². The standard InChI is InChI=1S/C23H28ClNO.C3H6S2.C2H6/c1-4-6-13-20(10-5-2)25(23-18(3)11-9-14-21(23)24)22-15-8-7-12-19(22)16-17-26;1-2-4-5-3-1;1-2/h7-12,14-15,17H,4-6,13,16H2,1-3H3;1-3H2;1-2H3. The highest BCUT2D eigenvalue weighted by Gasteiger charge is 2.21. The molecule has 2 aromatic rings.